The van der Waals surface area contributed by atoms with Crippen LogP contribution in [0.3, 0.4) is 0 Å². The van der Waals surface area contributed by atoms with Gasteiger partial charge in [0, 0.05) is 38.9 Å². The molecule has 3 heteroatoms. The van der Waals surface area contributed by atoms with Gasteiger partial charge >= 0.3 is 0 Å². The minimum atomic E-state index is 0.298. The molecule has 8 aromatic rings. The van der Waals surface area contributed by atoms with Crippen LogP contribution in [0.5, 0.6) is 0 Å². The number of aromatic nitrogens is 2. The first kappa shape index (κ1) is 28.8. The number of rotatable bonds is 5. The third-order valence-corrected chi connectivity index (χ3v) is 10.5. The Kier molecular flexibility index (Phi) is 6.76. The number of aliphatic imine (C=N–C) groups is 1. The molecule has 0 bridgehead atoms. The van der Waals surface area contributed by atoms with E-state index in [0.717, 1.165) is 25.1 Å². The third-order valence-electron chi connectivity index (χ3n) is 10.5. The maximum absolute atomic E-state index is 5.54. The van der Waals surface area contributed by atoms with Crippen LogP contribution in [0.2, 0.25) is 0 Å². The van der Waals surface area contributed by atoms with Crippen LogP contribution in [0.4, 0.5) is 0 Å². The van der Waals surface area contributed by atoms with E-state index in [9.17, 15) is 0 Å². The van der Waals surface area contributed by atoms with Gasteiger partial charge in [0.15, 0.2) is 0 Å². The van der Waals surface area contributed by atoms with Crippen molar-refractivity contribution in [1.82, 2.24) is 9.13 Å². The van der Waals surface area contributed by atoms with Gasteiger partial charge in [0.2, 0.25) is 0 Å². The van der Waals surface area contributed by atoms with Crippen molar-refractivity contribution in [2.24, 2.45) is 4.99 Å². The maximum Gasteiger partial charge on any atom is 0.133 e. The van der Waals surface area contributed by atoms with Gasteiger partial charge < -0.3 is 4.57 Å². The van der Waals surface area contributed by atoms with E-state index in [1.54, 1.807) is 0 Å². The monoisotopic (exact) mass is 641 g/mol. The lowest BCUT2D eigenvalue weighted by Gasteiger charge is -2.25. The van der Waals surface area contributed by atoms with Crippen LogP contribution in [-0.2, 0) is 0 Å². The van der Waals surface area contributed by atoms with E-state index in [2.05, 4.69) is 179 Å². The van der Waals surface area contributed by atoms with Gasteiger partial charge in [-0.1, -0.05) is 121 Å². The van der Waals surface area contributed by atoms with Crippen LogP contribution in [0, 0.1) is 0 Å². The molecule has 1 aliphatic heterocycles. The minimum Gasteiger partial charge on any atom is -0.309 e. The minimum absolute atomic E-state index is 0.298. The van der Waals surface area contributed by atoms with Crippen molar-refractivity contribution in [3.8, 4) is 5.69 Å². The Labute approximate surface area is 291 Å². The van der Waals surface area contributed by atoms with Crippen molar-refractivity contribution in [1.29, 1.82) is 0 Å². The first-order valence-corrected chi connectivity index (χ1v) is 17.6. The first-order valence-electron chi connectivity index (χ1n) is 17.6. The van der Waals surface area contributed by atoms with E-state index in [0.29, 0.717) is 5.92 Å². The predicted molar refractivity (Wildman–Crippen MR) is 211 cm³/mol. The fourth-order valence-electron chi connectivity index (χ4n) is 8.30. The fourth-order valence-corrected chi connectivity index (χ4v) is 8.30. The van der Waals surface area contributed by atoms with Crippen molar-refractivity contribution in [3.63, 3.8) is 0 Å². The summed E-state index contributed by atoms with van der Waals surface area (Å²) in [6, 6.07) is 54.7. The number of allylic oxidation sites excluding steroid dienone is 5. The molecule has 0 saturated carbocycles. The molecule has 0 amide bonds. The highest BCUT2D eigenvalue weighted by molar-refractivity contribution is 6.29. The zero-order chi connectivity index (χ0) is 33.0. The van der Waals surface area contributed by atoms with Crippen LogP contribution in [-0.4, -0.2) is 14.8 Å². The summed E-state index contributed by atoms with van der Waals surface area (Å²) in [5.74, 6) is 1.31. The molecule has 0 radical (unpaired) electrons. The van der Waals surface area contributed by atoms with E-state index in [1.165, 1.54) is 77.3 Å². The normalized spacial score (nSPS) is 16.4. The Morgan fingerprint density at radius 1 is 0.540 bits per heavy atom. The van der Waals surface area contributed by atoms with Gasteiger partial charge in [0.25, 0.3) is 0 Å². The average Bonchev–Trinajstić information content (AvgIpc) is 3.72. The van der Waals surface area contributed by atoms with Crippen molar-refractivity contribution in [3.05, 3.63) is 187 Å². The lowest BCUT2D eigenvalue weighted by molar-refractivity contribution is 0.832. The molecule has 3 nitrogen and oxygen atoms in total. The summed E-state index contributed by atoms with van der Waals surface area (Å²) in [4.78, 5) is 5.54. The maximum atomic E-state index is 5.54. The van der Waals surface area contributed by atoms with E-state index >= 15 is 0 Å². The molecule has 2 aliphatic rings. The summed E-state index contributed by atoms with van der Waals surface area (Å²) in [7, 11) is 0. The molecule has 0 spiro atoms. The molecule has 0 fully saturated rings. The predicted octanol–water partition coefficient (Wildman–Crippen LogP) is 12.1. The van der Waals surface area contributed by atoms with Gasteiger partial charge in [-0.25, -0.2) is 4.99 Å². The zero-order valence-corrected chi connectivity index (χ0v) is 27.7. The third kappa shape index (κ3) is 4.62. The molecule has 3 heterocycles. The molecular formula is C47H35N3. The number of hydrogen-bond acceptors (Lipinski definition) is 1. The second kappa shape index (κ2) is 11.7. The van der Waals surface area contributed by atoms with E-state index < -0.39 is 0 Å². The molecule has 2 aromatic heterocycles. The van der Waals surface area contributed by atoms with Gasteiger partial charge in [-0.2, -0.15) is 0 Å². The van der Waals surface area contributed by atoms with Gasteiger partial charge in [0.1, 0.15) is 5.82 Å². The summed E-state index contributed by atoms with van der Waals surface area (Å²) in [5.41, 5.74) is 12.4. The summed E-state index contributed by atoms with van der Waals surface area (Å²) in [6.07, 6.45) is 10.0. The van der Waals surface area contributed by atoms with Crippen molar-refractivity contribution >= 4 is 60.7 Å². The average molecular weight is 642 g/mol. The number of fused-ring (bicyclic) bond motifs is 7. The molecule has 238 valence electrons. The summed E-state index contributed by atoms with van der Waals surface area (Å²) in [5, 5.41) is 5.09. The summed E-state index contributed by atoms with van der Waals surface area (Å²) < 4.78 is 4.81. The van der Waals surface area contributed by atoms with Crippen LogP contribution in [0.15, 0.2) is 180 Å². The highest BCUT2D eigenvalue weighted by Crippen LogP contribution is 2.43. The van der Waals surface area contributed by atoms with E-state index in [4.69, 9.17) is 4.99 Å². The van der Waals surface area contributed by atoms with Crippen LogP contribution in [0.25, 0.3) is 60.7 Å². The van der Waals surface area contributed by atoms with Crippen LogP contribution < -0.4 is 0 Å². The van der Waals surface area contributed by atoms with Gasteiger partial charge in [-0.05, 0) is 90.1 Å². The van der Waals surface area contributed by atoms with Crippen molar-refractivity contribution in [2.45, 2.75) is 25.2 Å². The van der Waals surface area contributed by atoms with E-state index in [1.807, 2.05) is 0 Å². The molecule has 1 atom stereocenters. The Morgan fingerprint density at radius 3 is 1.82 bits per heavy atom. The second-order valence-corrected chi connectivity index (χ2v) is 13.4. The zero-order valence-electron chi connectivity index (χ0n) is 27.7. The Bertz CT molecular complexity index is 2700. The smallest absolute Gasteiger partial charge is 0.133 e. The number of hydrogen-bond donors (Lipinski definition) is 0. The molecule has 6 aromatic carbocycles. The molecule has 50 heavy (non-hydrogen) atoms. The quantitative estimate of drug-likeness (QED) is 0.178. The Hall–Kier alpha value is -6.19. The van der Waals surface area contributed by atoms with Gasteiger partial charge in [-0.3, -0.25) is 4.57 Å². The lowest BCUT2D eigenvalue weighted by atomic mass is 9.81. The summed E-state index contributed by atoms with van der Waals surface area (Å²) >= 11 is 0. The highest BCUT2D eigenvalue weighted by atomic mass is 15.1. The van der Waals surface area contributed by atoms with Crippen molar-refractivity contribution < 1.29 is 0 Å². The first-order chi connectivity index (χ1) is 24.8. The largest absolute Gasteiger partial charge is 0.309 e. The SMILES string of the molecule is C1=C(C2=NC(n3c4ccccc4c4c5c6ccccc6n(-c6ccccc6)c5ccc43)=CCC2)CC(c2ccccc2)C=C1c1ccccc1. The molecule has 10 rings (SSSR count). The molecular weight excluding hydrogens is 607 g/mol. The molecule has 0 N–H and O–H groups in total. The number of para-hydroxylation sites is 3. The molecule has 1 aliphatic carbocycles. The van der Waals surface area contributed by atoms with Gasteiger partial charge in [-0.15, -0.1) is 0 Å². The van der Waals surface area contributed by atoms with Gasteiger partial charge in [0.05, 0.1) is 22.1 Å². The number of benzene rings is 6. The van der Waals surface area contributed by atoms with Crippen LogP contribution in [0.1, 0.15) is 36.3 Å². The second-order valence-electron chi connectivity index (χ2n) is 13.4. The summed E-state index contributed by atoms with van der Waals surface area (Å²) in [6.45, 7) is 0. The Morgan fingerprint density at radius 2 is 1.12 bits per heavy atom. The Balaban J connectivity index is 1.16. The van der Waals surface area contributed by atoms with E-state index in [-0.39, 0.29) is 0 Å². The molecule has 1 unspecified atom stereocenters. The number of nitrogens with zero attached hydrogens (tertiary/aromatic N) is 3. The lowest BCUT2D eigenvalue weighted by Crippen LogP contribution is -2.14. The standard InChI is InChI=1S/C47H35N3/c1-4-15-32(16-5-1)34-29-35(33-17-6-2-7-18-33)31-36(30-34)40-23-14-26-45(48-40)50-42-25-13-11-22-39(42)47-44(50)28-27-43-46(47)38-21-10-12-24-41(38)49(43)37-19-8-3-9-20-37/h1-13,15-22,24-30,35H,14,23,31H2. The fraction of sp³-hybridized carbons (Fsp3) is 0.0851. The highest BCUT2D eigenvalue weighted by Gasteiger charge is 2.25. The molecule has 0 saturated heterocycles. The topological polar surface area (TPSA) is 22.2 Å². The van der Waals surface area contributed by atoms with Crippen LogP contribution >= 0.6 is 0 Å². The van der Waals surface area contributed by atoms with Crippen molar-refractivity contribution in [2.75, 3.05) is 0 Å².